The van der Waals surface area contributed by atoms with Gasteiger partial charge in [-0.25, -0.2) is 0 Å². The van der Waals surface area contributed by atoms with E-state index in [0.29, 0.717) is 36.4 Å². The van der Waals surface area contributed by atoms with Crippen molar-refractivity contribution in [1.29, 1.82) is 0 Å². The minimum absolute atomic E-state index is 0. The third kappa shape index (κ3) is 4.33. The lowest BCUT2D eigenvalue weighted by Gasteiger charge is -2.45. The van der Waals surface area contributed by atoms with Crippen LogP contribution in [0.3, 0.4) is 0 Å². The van der Waals surface area contributed by atoms with Gasteiger partial charge < -0.3 is 15.8 Å². The third-order valence-electron chi connectivity index (χ3n) is 5.42. The highest BCUT2D eigenvalue weighted by Gasteiger charge is 2.39. The molecule has 0 spiro atoms. The molecule has 2 aliphatic carbocycles. The topological polar surface area (TPSA) is 64.3 Å². The first kappa shape index (κ1) is 17.0. The second-order valence-electron chi connectivity index (χ2n) is 6.95. The maximum Gasteiger partial charge on any atom is 0.220 e. The van der Waals surface area contributed by atoms with Crippen molar-refractivity contribution < 1.29 is 9.53 Å². The monoisotopic (exact) mass is 316 g/mol. The first-order valence-electron chi connectivity index (χ1n) is 8.39. The Kier molecular flexibility index (Phi) is 6.33. The van der Waals surface area contributed by atoms with Crippen LogP contribution in [0.2, 0.25) is 0 Å². The van der Waals surface area contributed by atoms with Gasteiger partial charge >= 0.3 is 0 Å². The van der Waals surface area contributed by atoms with Crippen LogP contribution < -0.4 is 11.1 Å². The minimum atomic E-state index is 0. The summed E-state index contributed by atoms with van der Waals surface area (Å²) >= 11 is 0. The maximum absolute atomic E-state index is 12.2. The number of nitrogens with two attached hydrogens (primary N) is 1. The van der Waals surface area contributed by atoms with Gasteiger partial charge in [-0.1, -0.05) is 6.42 Å². The lowest BCUT2D eigenvalue weighted by molar-refractivity contribution is -0.124. The van der Waals surface area contributed by atoms with Crippen LogP contribution in [0, 0.1) is 11.8 Å². The predicted molar refractivity (Wildman–Crippen MR) is 85.4 cm³/mol. The Bertz CT molecular complexity index is 333. The van der Waals surface area contributed by atoms with Crippen LogP contribution in [0.1, 0.15) is 57.8 Å². The third-order valence-corrected chi connectivity index (χ3v) is 5.42. The maximum atomic E-state index is 12.2. The van der Waals surface area contributed by atoms with Crippen molar-refractivity contribution in [3.63, 3.8) is 0 Å². The summed E-state index contributed by atoms with van der Waals surface area (Å²) in [6.45, 7) is 0.872. The average molecular weight is 317 g/mol. The van der Waals surface area contributed by atoms with E-state index in [1.165, 1.54) is 19.3 Å². The van der Waals surface area contributed by atoms with Gasteiger partial charge in [0.2, 0.25) is 5.91 Å². The lowest BCUT2D eigenvalue weighted by atomic mass is 9.67. The number of nitrogens with one attached hydrogen (secondary N) is 1. The first-order chi connectivity index (χ1) is 9.72. The number of rotatable bonds is 4. The largest absolute Gasteiger partial charge is 0.378 e. The van der Waals surface area contributed by atoms with Crippen molar-refractivity contribution in [2.45, 2.75) is 76.0 Å². The molecule has 0 aromatic rings. The van der Waals surface area contributed by atoms with Gasteiger partial charge in [0.25, 0.3) is 0 Å². The summed E-state index contributed by atoms with van der Waals surface area (Å²) in [7, 11) is 0. The quantitative estimate of drug-likeness (QED) is 0.837. The standard InChI is InChI=1S/C16H28N2O2.ClH/c17-13-9-11-3-1-4-12(10-13)16(11)18-15(19)7-6-14-5-2-8-20-14;/h11-14,16H,1-10,17H2,(H,18,19);1H. The second-order valence-corrected chi connectivity index (χ2v) is 6.95. The van der Waals surface area contributed by atoms with Crippen LogP contribution in [-0.2, 0) is 9.53 Å². The molecule has 21 heavy (non-hydrogen) atoms. The number of amides is 1. The van der Waals surface area contributed by atoms with Crippen molar-refractivity contribution in [2.75, 3.05) is 6.61 Å². The Balaban J connectivity index is 0.00000161. The van der Waals surface area contributed by atoms with Gasteiger partial charge in [0.05, 0.1) is 6.10 Å². The van der Waals surface area contributed by atoms with E-state index in [0.717, 1.165) is 38.7 Å². The molecule has 1 amide bonds. The van der Waals surface area contributed by atoms with Crippen LogP contribution in [0.4, 0.5) is 0 Å². The number of carbonyl (C=O) groups is 1. The van der Waals surface area contributed by atoms with E-state index in [9.17, 15) is 4.79 Å². The second kappa shape index (κ2) is 7.80. The zero-order valence-electron chi connectivity index (χ0n) is 12.8. The number of hydrogen-bond acceptors (Lipinski definition) is 3. The molecule has 3 fully saturated rings. The van der Waals surface area contributed by atoms with Gasteiger partial charge in [0.15, 0.2) is 0 Å². The van der Waals surface area contributed by atoms with Crippen molar-refractivity contribution in [3.05, 3.63) is 0 Å². The summed E-state index contributed by atoms with van der Waals surface area (Å²) in [5.41, 5.74) is 6.13. The van der Waals surface area contributed by atoms with Crippen LogP contribution in [-0.4, -0.2) is 30.7 Å². The molecule has 1 heterocycles. The van der Waals surface area contributed by atoms with E-state index in [4.69, 9.17) is 10.5 Å². The number of halogens is 1. The van der Waals surface area contributed by atoms with Crippen LogP contribution in [0.25, 0.3) is 0 Å². The Hall–Kier alpha value is -0.320. The molecule has 1 aliphatic heterocycles. The molecule has 3 atom stereocenters. The molecule has 122 valence electrons. The highest BCUT2D eigenvalue weighted by atomic mass is 35.5. The van der Waals surface area contributed by atoms with Gasteiger partial charge in [-0.3, -0.25) is 4.79 Å². The van der Waals surface area contributed by atoms with Crippen molar-refractivity contribution in [1.82, 2.24) is 5.32 Å². The molecule has 3 aliphatic rings. The summed E-state index contributed by atoms with van der Waals surface area (Å²) < 4.78 is 5.59. The van der Waals surface area contributed by atoms with Crippen molar-refractivity contribution >= 4 is 18.3 Å². The molecule has 5 heteroatoms. The minimum Gasteiger partial charge on any atom is -0.378 e. The summed E-state index contributed by atoms with van der Waals surface area (Å²) in [5.74, 6) is 1.45. The van der Waals surface area contributed by atoms with E-state index in [1.807, 2.05) is 0 Å². The van der Waals surface area contributed by atoms with E-state index in [-0.39, 0.29) is 18.3 Å². The summed E-state index contributed by atoms with van der Waals surface area (Å²) in [4.78, 5) is 12.2. The Morgan fingerprint density at radius 1 is 1.14 bits per heavy atom. The van der Waals surface area contributed by atoms with Crippen LogP contribution in [0.15, 0.2) is 0 Å². The van der Waals surface area contributed by atoms with E-state index < -0.39 is 0 Å². The zero-order valence-corrected chi connectivity index (χ0v) is 13.6. The number of carbonyl (C=O) groups excluding carboxylic acids is 1. The first-order valence-corrected chi connectivity index (χ1v) is 8.39. The Morgan fingerprint density at radius 2 is 1.86 bits per heavy atom. The van der Waals surface area contributed by atoms with Crippen LogP contribution >= 0.6 is 12.4 Å². The molecule has 4 nitrogen and oxygen atoms in total. The van der Waals surface area contributed by atoms with Gasteiger partial charge in [0, 0.05) is 25.1 Å². The Morgan fingerprint density at radius 3 is 2.48 bits per heavy atom. The lowest BCUT2D eigenvalue weighted by Crippen LogP contribution is -2.53. The fraction of sp³-hybridized carbons (Fsp3) is 0.938. The van der Waals surface area contributed by atoms with Gasteiger partial charge in [-0.15, -0.1) is 12.4 Å². The molecule has 1 saturated heterocycles. The predicted octanol–water partition coefficient (Wildman–Crippen LogP) is 2.39. The molecular formula is C16H29ClN2O2. The summed E-state index contributed by atoms with van der Waals surface area (Å²) in [5, 5.41) is 3.32. The van der Waals surface area contributed by atoms with Crippen molar-refractivity contribution in [2.24, 2.45) is 17.6 Å². The molecule has 3 unspecified atom stereocenters. The molecular weight excluding hydrogens is 288 g/mol. The fourth-order valence-corrected chi connectivity index (χ4v) is 4.45. The zero-order chi connectivity index (χ0) is 13.9. The molecule has 3 rings (SSSR count). The highest BCUT2D eigenvalue weighted by Crippen LogP contribution is 2.39. The molecule has 0 aromatic heterocycles. The SMILES string of the molecule is Cl.NC1CC2CCCC(C1)C2NC(=O)CCC1CCCO1. The van der Waals surface area contributed by atoms with E-state index in [1.54, 1.807) is 0 Å². The van der Waals surface area contributed by atoms with E-state index in [2.05, 4.69) is 5.32 Å². The normalized spacial score (nSPS) is 38.6. The Labute approximate surface area is 134 Å². The smallest absolute Gasteiger partial charge is 0.220 e. The van der Waals surface area contributed by atoms with Gasteiger partial charge in [-0.2, -0.15) is 0 Å². The molecule has 2 bridgehead atoms. The number of hydrogen-bond donors (Lipinski definition) is 2. The molecule has 2 saturated carbocycles. The molecule has 3 N–H and O–H groups in total. The van der Waals surface area contributed by atoms with E-state index >= 15 is 0 Å². The number of fused-ring (bicyclic) bond motifs is 2. The summed E-state index contributed by atoms with van der Waals surface area (Å²) in [6, 6.07) is 0.742. The summed E-state index contributed by atoms with van der Waals surface area (Å²) in [6.07, 6.45) is 10.1. The van der Waals surface area contributed by atoms with Crippen LogP contribution in [0.5, 0.6) is 0 Å². The fourth-order valence-electron chi connectivity index (χ4n) is 4.45. The van der Waals surface area contributed by atoms with Gasteiger partial charge in [-0.05, 0) is 56.8 Å². The highest BCUT2D eigenvalue weighted by molar-refractivity contribution is 5.85. The van der Waals surface area contributed by atoms with Gasteiger partial charge in [0.1, 0.15) is 0 Å². The molecule has 0 radical (unpaired) electrons. The average Bonchev–Trinajstić information content (AvgIpc) is 2.91. The van der Waals surface area contributed by atoms with Crippen molar-refractivity contribution in [3.8, 4) is 0 Å². The molecule has 0 aromatic carbocycles. The number of ether oxygens (including phenoxy) is 1.